The molecule has 18 heteroatoms. The van der Waals surface area contributed by atoms with Gasteiger partial charge in [0.05, 0.1) is 39.7 Å². The molecule has 4 aromatic carbocycles. The van der Waals surface area contributed by atoms with Crippen LogP contribution in [0.15, 0.2) is 110 Å². The van der Waals surface area contributed by atoms with E-state index in [9.17, 15) is 31.8 Å². The first kappa shape index (κ1) is 63.9. The van der Waals surface area contributed by atoms with E-state index in [0.29, 0.717) is 90.5 Å². The van der Waals surface area contributed by atoms with Crippen LogP contribution in [0.25, 0.3) is 6.08 Å². The molecule has 2 fully saturated rings. The van der Waals surface area contributed by atoms with Crippen LogP contribution in [0.4, 0.5) is 11.4 Å². The van der Waals surface area contributed by atoms with Crippen LogP contribution < -0.4 is 28.7 Å². The second-order valence-corrected chi connectivity index (χ2v) is 31.8. The van der Waals surface area contributed by atoms with Crippen molar-refractivity contribution in [3.05, 3.63) is 159 Å². The van der Waals surface area contributed by atoms with Crippen molar-refractivity contribution < 1.29 is 46.1 Å². The molecule has 0 aromatic heterocycles. The maximum atomic E-state index is 15.1. The minimum atomic E-state index is -4.27. The molecule has 4 aromatic rings. The van der Waals surface area contributed by atoms with Crippen LogP contribution in [0.2, 0.25) is 10.0 Å². The van der Waals surface area contributed by atoms with Gasteiger partial charge < -0.3 is 29.5 Å². The Morgan fingerprint density at radius 3 is 2.06 bits per heavy atom. The van der Waals surface area contributed by atoms with Crippen molar-refractivity contribution in [1.29, 1.82) is 0 Å². The van der Waals surface area contributed by atoms with Crippen molar-refractivity contribution in [2.75, 3.05) is 42.6 Å². The van der Waals surface area contributed by atoms with E-state index in [0.717, 1.165) is 68.1 Å². The number of fused-ring (bicyclic) bond motifs is 7. The second kappa shape index (κ2) is 25.6. The standard InChI is InChI=1S/C70H86Cl2N4O10S2/c1-7-27-69(79)29-10-14-45(3)48(6)88(83,84)74-67(78)57-38-63-65(86-43-68(42-76(63)40-58-46(4)33-61(58)69)28-12-18-51-35-56(72)23-25-59(51)68)37-50(57)17-13-31-70(80)30-11-15-44(2)47(5)87(81,82)73-66(77)52-21-26-64-62(36-52)75(39-53-20-24-60(53)70)32-9-8-16-49-34-55(71)22-19-54(49)41-85-64/h7,10-11,13,17,19,21-23,25-26,29-30,34-38,44-48,53,58,60-61,79-80H,1,8-9,12,14-16,18,20,24,27-28,31-33,39-43H2,2-6H3,(H,73,77)(H,74,78)/b17-13+,29-10+,30-11+/t44-,45-,46+,47+,48+,53-,58+,60+,61+,68-,69-,70+/m0/s1. The molecule has 4 heterocycles. The molecule has 11 rings (SSSR count). The van der Waals surface area contributed by atoms with Crippen LogP contribution >= 0.6 is 23.2 Å². The number of hydrogen-bond acceptors (Lipinski definition) is 12. The zero-order valence-corrected chi connectivity index (χ0v) is 54.5. The molecular weight excluding hydrogens is 1190 g/mol. The van der Waals surface area contributed by atoms with E-state index in [1.807, 2.05) is 74.6 Å². The summed E-state index contributed by atoms with van der Waals surface area (Å²) >= 11 is 13.1. The van der Waals surface area contributed by atoms with Crippen LogP contribution in [-0.4, -0.2) is 93.4 Å². The predicted molar refractivity (Wildman–Crippen MR) is 350 cm³/mol. The Morgan fingerprint density at radius 1 is 0.693 bits per heavy atom. The largest absolute Gasteiger partial charge is 0.490 e. The maximum Gasteiger partial charge on any atom is 0.265 e. The van der Waals surface area contributed by atoms with Gasteiger partial charge in [0.2, 0.25) is 20.0 Å². The molecule has 1 spiro atoms. The van der Waals surface area contributed by atoms with Crippen molar-refractivity contribution in [1.82, 2.24) is 9.44 Å². The number of rotatable bonds is 5. The number of nitrogens with one attached hydrogen (secondary N) is 2. The summed E-state index contributed by atoms with van der Waals surface area (Å²) in [6.07, 6.45) is 21.2. The Kier molecular flexibility index (Phi) is 18.6. The molecule has 3 aliphatic carbocycles. The van der Waals surface area contributed by atoms with Crippen molar-refractivity contribution in [3.8, 4) is 11.5 Å². The number of nitrogens with zero attached hydrogens (tertiary/aromatic N) is 2. The number of aryl methyl sites for hydroxylation is 2. The lowest BCUT2D eigenvalue weighted by Crippen LogP contribution is -2.55. The molecule has 7 aliphatic rings. The number of hydrogen-bond donors (Lipinski definition) is 4. The Hall–Kier alpha value is -5.62. The number of sulfonamides is 2. The van der Waals surface area contributed by atoms with E-state index in [2.05, 4.69) is 44.9 Å². The SMILES string of the molecule is C=CC[C@]1(O)/C=C/C[C@H](C)[C@@H](C)S(=O)(=O)NC(=O)c2cc3c(cc2/C=C/C[C@]2(O)/C=C/C[C@H](C)[C@@H](C)S(=O)(=O)NC(=O)c4ccc5c(c4)N(CCCCc4cc(Cl)ccc4CO5)C[C@@H]4CC[C@H]42)OC[C@]2(CCCc4cc(Cl)ccc42)CN3C[C@@H]2[C@H](C)C[C@H]21. The van der Waals surface area contributed by atoms with Gasteiger partial charge in [0, 0.05) is 52.8 Å². The third kappa shape index (κ3) is 13.0. The highest BCUT2D eigenvalue weighted by molar-refractivity contribution is 7.91. The third-order valence-electron chi connectivity index (χ3n) is 21.2. The van der Waals surface area contributed by atoms with Gasteiger partial charge in [0.25, 0.3) is 11.8 Å². The summed E-state index contributed by atoms with van der Waals surface area (Å²) in [5.74, 6) is -1.48. The van der Waals surface area contributed by atoms with Gasteiger partial charge in [-0.2, -0.15) is 0 Å². The van der Waals surface area contributed by atoms with Crippen LogP contribution in [0.3, 0.4) is 0 Å². The van der Waals surface area contributed by atoms with E-state index >= 15 is 4.79 Å². The average molecular weight is 1280 g/mol. The van der Waals surface area contributed by atoms with Gasteiger partial charge in [-0.1, -0.05) is 98.6 Å². The lowest BCUT2D eigenvalue weighted by atomic mass is 9.57. The highest BCUT2D eigenvalue weighted by Crippen LogP contribution is 2.53. The fourth-order valence-electron chi connectivity index (χ4n) is 15.2. The number of carbonyl (C=O) groups excluding carboxylic acids is 2. The molecule has 0 unspecified atom stereocenters. The fraction of sp³-hybridized carbons (Fsp3) is 0.514. The van der Waals surface area contributed by atoms with E-state index in [1.165, 1.54) is 5.56 Å². The van der Waals surface area contributed by atoms with E-state index in [-0.39, 0.29) is 60.2 Å². The zero-order valence-electron chi connectivity index (χ0n) is 51.4. The Morgan fingerprint density at radius 2 is 1.36 bits per heavy atom. The first-order chi connectivity index (χ1) is 41.9. The lowest BCUT2D eigenvalue weighted by Gasteiger charge is -2.52. The van der Waals surface area contributed by atoms with Crippen LogP contribution in [0.5, 0.6) is 11.5 Å². The number of carbonyl (C=O) groups is 2. The summed E-state index contributed by atoms with van der Waals surface area (Å²) in [4.78, 5) is 33.6. The average Bonchev–Trinajstić information content (AvgIpc) is 1.39. The normalized spacial score (nSPS) is 33.1. The first-order valence-corrected chi connectivity index (χ1v) is 35.6. The van der Waals surface area contributed by atoms with Gasteiger partial charge >= 0.3 is 0 Å². The van der Waals surface area contributed by atoms with Crippen molar-refractivity contribution in [2.45, 2.75) is 152 Å². The molecule has 88 heavy (non-hydrogen) atoms. The smallest absolute Gasteiger partial charge is 0.265 e. The molecule has 14 nitrogen and oxygen atoms in total. The summed E-state index contributed by atoms with van der Waals surface area (Å²) < 4.78 is 75.3. The number of amides is 2. The number of halogens is 2. The van der Waals surface area contributed by atoms with E-state index < -0.39 is 70.8 Å². The maximum absolute atomic E-state index is 15.1. The highest BCUT2D eigenvalue weighted by Gasteiger charge is 2.51. The number of anilines is 2. The van der Waals surface area contributed by atoms with Crippen LogP contribution in [0, 0.1) is 41.4 Å². The van der Waals surface area contributed by atoms with Crippen molar-refractivity contribution in [2.24, 2.45) is 41.4 Å². The number of ether oxygens (including phenoxy) is 2. The highest BCUT2D eigenvalue weighted by atomic mass is 35.5. The van der Waals surface area contributed by atoms with Gasteiger partial charge in [-0.25, -0.2) is 26.3 Å². The van der Waals surface area contributed by atoms with Gasteiger partial charge in [-0.15, -0.1) is 6.58 Å². The molecule has 472 valence electrons. The summed E-state index contributed by atoms with van der Waals surface area (Å²) in [5.41, 5.74) is 3.26. The monoisotopic (exact) mass is 1280 g/mol. The van der Waals surface area contributed by atoms with Gasteiger partial charge in [0.15, 0.2) is 0 Å². The molecule has 4 aliphatic heterocycles. The molecule has 0 saturated heterocycles. The van der Waals surface area contributed by atoms with Gasteiger partial charge in [-0.3, -0.25) is 9.59 Å². The number of allylic oxidation sites excluding steroid dienone is 2. The predicted octanol–water partition coefficient (Wildman–Crippen LogP) is 12.7. The summed E-state index contributed by atoms with van der Waals surface area (Å²) in [7, 11) is -8.44. The topological polar surface area (TPSA) is 192 Å². The second-order valence-electron chi connectivity index (χ2n) is 26.9. The minimum absolute atomic E-state index is 0.0302. The fourth-order valence-corrected chi connectivity index (χ4v) is 18.2. The van der Waals surface area contributed by atoms with Crippen LogP contribution in [-0.2, 0) is 44.9 Å². The first-order valence-electron chi connectivity index (χ1n) is 31.7. The molecule has 2 amide bonds. The molecule has 2 saturated carbocycles. The van der Waals surface area contributed by atoms with E-state index in [4.69, 9.17) is 32.7 Å². The van der Waals surface area contributed by atoms with Crippen molar-refractivity contribution in [3.63, 3.8) is 0 Å². The van der Waals surface area contributed by atoms with E-state index in [1.54, 1.807) is 50.3 Å². The summed E-state index contributed by atoms with van der Waals surface area (Å²) in [5, 5.41) is 25.3. The Bertz CT molecular complexity index is 3670. The molecular formula is C70H86Cl2N4O10S2. The molecule has 4 N–H and O–H groups in total. The quantitative estimate of drug-likeness (QED) is 0.138. The summed E-state index contributed by atoms with van der Waals surface area (Å²) in [6.45, 7) is 15.8. The van der Waals surface area contributed by atoms with Crippen LogP contribution in [0.1, 0.15) is 154 Å². The Balaban J connectivity index is 0.987. The Labute approximate surface area is 530 Å². The number of aliphatic hydroxyl groups is 2. The molecule has 12 atom stereocenters. The van der Waals surface area contributed by atoms with Gasteiger partial charge in [-0.05, 0) is 221 Å². The number of benzene rings is 4. The molecule has 0 radical (unpaired) electrons. The lowest BCUT2D eigenvalue weighted by molar-refractivity contribution is -0.0731. The molecule has 4 bridgehead atoms. The minimum Gasteiger partial charge on any atom is -0.490 e. The van der Waals surface area contributed by atoms with Gasteiger partial charge in [0.1, 0.15) is 18.1 Å². The third-order valence-corrected chi connectivity index (χ3v) is 25.5. The summed E-state index contributed by atoms with van der Waals surface area (Å²) in [6, 6.07) is 20.6. The van der Waals surface area contributed by atoms with Crippen molar-refractivity contribution >= 4 is 72.5 Å². The zero-order chi connectivity index (χ0) is 62.5.